The number of nitrogens with zero attached hydrogens (tertiary/aromatic N) is 4. The molecule has 12 rings (SSSR count). The molecule has 4 aliphatic rings. The number of hydrogen-bond donors (Lipinski definition) is 3. The van der Waals surface area contributed by atoms with Gasteiger partial charge in [-0.2, -0.15) is 26.3 Å². The Morgan fingerprint density at radius 1 is 0.586 bits per heavy atom. The second-order valence-corrected chi connectivity index (χ2v) is 24.0. The molecule has 4 heterocycles. The number of aromatic nitrogens is 4. The molecule has 87 heavy (non-hydrogen) atoms. The predicted octanol–water partition coefficient (Wildman–Crippen LogP) is 14.4. The number of carbonyl (C=O) groups is 4. The zero-order valence-electron chi connectivity index (χ0n) is 48.8. The monoisotopic (exact) mass is 1200 g/mol. The number of hydrogen-bond acceptors (Lipinski definition) is 9. The van der Waals surface area contributed by atoms with Gasteiger partial charge in [-0.25, -0.2) is 14.8 Å². The molecule has 2 atom stereocenters. The number of benzene rings is 4. The Morgan fingerprint density at radius 2 is 0.977 bits per heavy atom. The van der Waals surface area contributed by atoms with Crippen molar-refractivity contribution in [2.45, 2.75) is 142 Å². The summed E-state index contributed by atoms with van der Waals surface area (Å²) in [5.41, 5.74) is 11.7. The lowest BCUT2D eigenvalue weighted by molar-refractivity contribution is -0.168. The minimum Gasteiger partial charge on any atom is -0.478 e. The summed E-state index contributed by atoms with van der Waals surface area (Å²) in [6.45, 7) is 8.86. The number of rotatable bonds is 15. The molecule has 0 aliphatic heterocycles. The second-order valence-electron chi connectivity index (χ2n) is 24.0. The first-order valence-electron chi connectivity index (χ1n) is 29.5. The molecule has 0 saturated heterocycles. The summed E-state index contributed by atoms with van der Waals surface area (Å²) in [5, 5.41) is 13.9. The van der Waals surface area contributed by atoms with Gasteiger partial charge in [-0.05, 0) is 173 Å². The van der Waals surface area contributed by atoms with E-state index in [0.717, 1.165) is 97.7 Å². The highest BCUT2D eigenvalue weighted by atomic mass is 19.4. The van der Waals surface area contributed by atoms with Gasteiger partial charge in [0.25, 0.3) is 5.91 Å². The van der Waals surface area contributed by atoms with Crippen molar-refractivity contribution < 1.29 is 60.1 Å². The Morgan fingerprint density at radius 3 is 1.36 bits per heavy atom. The standard InChI is InChI=1S/C34H34F3N3O3.C18H15F3N2O2.C16H21NO2/c1-3-40-20-28(29-24(13-14-38-30(29)40)15-22-9-11-26(12-10-22)34(35,36)37)31(41)39-27-18-33(19-27)16-25(17-33)32(42)43-21(2)23-7-5-4-6-8-23;1-2-23-10-14(17(24)25)15-12(7-8-22-16(15)23)9-11-3-5-13(6-4-11)18(19,20)21;1-11(12-5-3-2-4-6-12)19-15(18)13-7-16(8-13)9-14(17)10-16/h4-14,20-21,25,27H,3,15-19H2,1-2H3,(H,39,41);3-8,10H,2,9H2,1H3,(H,24,25);2-6,11,13-14H,7-10,17H2,1H3/t21-,25?,27?,33?;;11-,13?,14?,16?/m0.0/s1. The molecule has 4 saturated carbocycles. The van der Waals surface area contributed by atoms with E-state index >= 15 is 0 Å². The van der Waals surface area contributed by atoms with E-state index in [9.17, 15) is 50.6 Å². The molecule has 456 valence electrons. The van der Waals surface area contributed by atoms with Crippen LogP contribution in [0.3, 0.4) is 0 Å². The number of aryl methyl sites for hydroxylation is 2. The normalized spacial score (nSPS) is 21.8. The lowest BCUT2D eigenvalue weighted by Gasteiger charge is -2.57. The number of pyridine rings is 2. The maximum Gasteiger partial charge on any atom is 0.416 e. The van der Waals surface area contributed by atoms with Gasteiger partial charge in [0.15, 0.2) is 0 Å². The third-order valence-electron chi connectivity index (χ3n) is 17.8. The van der Waals surface area contributed by atoms with Crippen molar-refractivity contribution in [1.82, 2.24) is 24.4 Å². The number of fused-ring (bicyclic) bond motifs is 2. The van der Waals surface area contributed by atoms with Crippen LogP contribution in [-0.2, 0) is 57.3 Å². The van der Waals surface area contributed by atoms with Crippen molar-refractivity contribution >= 4 is 45.9 Å². The van der Waals surface area contributed by atoms with E-state index in [1.54, 1.807) is 29.2 Å². The van der Waals surface area contributed by atoms with Gasteiger partial charge in [-0.1, -0.05) is 84.9 Å². The quantitative estimate of drug-likeness (QED) is 0.0660. The highest BCUT2D eigenvalue weighted by Crippen LogP contribution is 2.60. The van der Waals surface area contributed by atoms with Gasteiger partial charge in [0, 0.05) is 60.7 Å². The van der Waals surface area contributed by atoms with E-state index in [1.165, 1.54) is 30.5 Å². The third kappa shape index (κ3) is 13.8. The molecule has 4 aromatic heterocycles. The fourth-order valence-electron chi connectivity index (χ4n) is 13.2. The molecule has 4 N–H and O–H groups in total. The van der Waals surface area contributed by atoms with E-state index in [-0.39, 0.29) is 58.9 Å². The van der Waals surface area contributed by atoms with E-state index in [2.05, 4.69) is 15.3 Å². The van der Waals surface area contributed by atoms with Gasteiger partial charge < -0.3 is 34.8 Å². The van der Waals surface area contributed by atoms with Gasteiger partial charge >= 0.3 is 30.3 Å². The summed E-state index contributed by atoms with van der Waals surface area (Å²) in [6, 6.07) is 33.5. The second kappa shape index (κ2) is 25.2. The number of carboxylic acid groups (broad SMARTS) is 1. The Bertz CT molecular complexity index is 3740. The van der Waals surface area contributed by atoms with Crippen LogP contribution in [0, 0.1) is 22.7 Å². The molecule has 4 aliphatic carbocycles. The molecule has 4 fully saturated rings. The van der Waals surface area contributed by atoms with E-state index in [4.69, 9.17) is 15.2 Å². The lowest BCUT2D eigenvalue weighted by Crippen LogP contribution is -2.57. The molecule has 2 spiro atoms. The van der Waals surface area contributed by atoms with Crippen LogP contribution in [0.2, 0.25) is 0 Å². The first-order chi connectivity index (χ1) is 41.4. The SMILES string of the molecule is CCn1cc(C(=O)NC2CC3(C2)CC(C(=O)O[C@@H](C)c2ccccc2)C3)c2c(Cc3ccc(C(F)(F)F)cc3)ccnc21.CCn1cc(C(=O)O)c2c(Cc3ccc(C(F)(F)F)cc3)ccnc21.C[C@H](OC(=O)C1CC2(CC(N)C2)C1)c1ccccc1. The van der Waals surface area contributed by atoms with Crippen molar-refractivity contribution in [3.8, 4) is 0 Å². The number of aromatic carboxylic acids is 1. The molecule has 0 bridgehead atoms. The number of carboxylic acids is 1. The molecule has 8 aromatic rings. The number of esters is 2. The fourth-order valence-corrected chi connectivity index (χ4v) is 13.2. The Kier molecular flexibility index (Phi) is 17.9. The molecule has 0 unspecified atom stereocenters. The lowest BCUT2D eigenvalue weighted by atomic mass is 9.50. The molecule has 1 amide bonds. The minimum absolute atomic E-state index is 0.0165. The predicted molar refractivity (Wildman–Crippen MR) is 316 cm³/mol. The average Bonchev–Trinajstić information content (AvgIpc) is 1.67. The Balaban J connectivity index is 0.000000160. The van der Waals surface area contributed by atoms with Crippen LogP contribution >= 0.6 is 0 Å². The van der Waals surface area contributed by atoms with Crippen LogP contribution < -0.4 is 11.1 Å². The maximum atomic E-state index is 13.5. The number of ether oxygens (including phenoxy) is 2. The van der Waals surface area contributed by atoms with Crippen molar-refractivity contribution in [2.24, 2.45) is 28.4 Å². The first kappa shape index (κ1) is 61.8. The van der Waals surface area contributed by atoms with Crippen LogP contribution in [0.4, 0.5) is 26.3 Å². The van der Waals surface area contributed by atoms with Crippen molar-refractivity contribution in [1.29, 1.82) is 0 Å². The maximum absolute atomic E-state index is 13.5. The van der Waals surface area contributed by atoms with Gasteiger partial charge in [0.1, 0.15) is 23.5 Å². The summed E-state index contributed by atoms with van der Waals surface area (Å²) in [4.78, 5) is 58.6. The number of amides is 1. The van der Waals surface area contributed by atoms with Crippen LogP contribution in [0.15, 0.2) is 146 Å². The van der Waals surface area contributed by atoms with Crippen molar-refractivity contribution in [3.05, 3.63) is 202 Å². The molecule has 0 radical (unpaired) electrons. The summed E-state index contributed by atoms with van der Waals surface area (Å²) in [5.74, 6) is -1.45. The van der Waals surface area contributed by atoms with Crippen LogP contribution in [0.5, 0.6) is 0 Å². The summed E-state index contributed by atoms with van der Waals surface area (Å²) >= 11 is 0. The number of alkyl halides is 6. The van der Waals surface area contributed by atoms with Crippen LogP contribution in [0.1, 0.15) is 156 Å². The van der Waals surface area contributed by atoms with E-state index in [0.29, 0.717) is 76.3 Å². The summed E-state index contributed by atoms with van der Waals surface area (Å²) in [7, 11) is 0. The topological polar surface area (TPSA) is 181 Å². The van der Waals surface area contributed by atoms with Crippen molar-refractivity contribution in [2.75, 3.05) is 0 Å². The number of halogens is 6. The summed E-state index contributed by atoms with van der Waals surface area (Å²) in [6.07, 6.45) is 5.39. The molecule has 4 aromatic carbocycles. The van der Waals surface area contributed by atoms with Crippen molar-refractivity contribution in [3.63, 3.8) is 0 Å². The largest absolute Gasteiger partial charge is 0.478 e. The van der Waals surface area contributed by atoms with Gasteiger partial charge in [-0.15, -0.1) is 0 Å². The van der Waals surface area contributed by atoms with E-state index in [1.807, 2.05) is 99.0 Å². The molecule has 13 nitrogen and oxygen atoms in total. The zero-order chi connectivity index (χ0) is 62.0. The minimum atomic E-state index is -4.39. The van der Waals surface area contributed by atoms with Gasteiger partial charge in [-0.3, -0.25) is 14.4 Å². The number of nitrogens with two attached hydrogens (primary N) is 1. The van der Waals surface area contributed by atoms with Gasteiger partial charge in [0.05, 0.1) is 34.1 Å². The average molecular weight is 1200 g/mol. The third-order valence-corrected chi connectivity index (χ3v) is 17.8. The Hall–Kier alpha value is -8.32. The number of nitrogens with one attached hydrogen (secondary N) is 1. The van der Waals surface area contributed by atoms with Gasteiger partial charge in [0.2, 0.25) is 0 Å². The highest BCUT2D eigenvalue weighted by molar-refractivity contribution is 6.07. The Labute approximate surface area is 500 Å². The fraction of sp³-hybridized carbons (Fsp3) is 0.382. The molecular weight excluding hydrogens is 1130 g/mol. The smallest absolute Gasteiger partial charge is 0.416 e. The van der Waals surface area contributed by atoms with Crippen LogP contribution in [-0.4, -0.2) is 60.1 Å². The summed E-state index contributed by atoms with van der Waals surface area (Å²) < 4.78 is 92.0. The van der Waals surface area contributed by atoms with E-state index < -0.39 is 29.4 Å². The highest BCUT2D eigenvalue weighted by Gasteiger charge is 2.56. The van der Waals surface area contributed by atoms with Crippen LogP contribution in [0.25, 0.3) is 22.1 Å². The molecular formula is C68H70F6N6O7. The molecule has 19 heteroatoms. The first-order valence-corrected chi connectivity index (χ1v) is 29.5. The number of carbonyl (C=O) groups excluding carboxylic acids is 3. The zero-order valence-corrected chi connectivity index (χ0v) is 48.8.